The predicted molar refractivity (Wildman–Crippen MR) is 139 cm³/mol. The lowest BCUT2D eigenvalue weighted by atomic mass is 9.96. The third-order valence-electron chi connectivity index (χ3n) is 6.81. The molecule has 1 unspecified atom stereocenters. The molecule has 176 valence electrons. The van der Waals surface area contributed by atoms with Crippen molar-refractivity contribution in [3.63, 3.8) is 0 Å². The summed E-state index contributed by atoms with van der Waals surface area (Å²) in [6, 6.07) is 19.0. The Labute approximate surface area is 199 Å². The quantitative estimate of drug-likeness (QED) is 0.548. The summed E-state index contributed by atoms with van der Waals surface area (Å²) in [4.78, 5) is 17.2. The van der Waals surface area contributed by atoms with Crippen molar-refractivity contribution in [1.29, 1.82) is 0 Å². The largest absolute Gasteiger partial charge is 0.353 e. The van der Waals surface area contributed by atoms with Crippen LogP contribution in [0.2, 0.25) is 0 Å². The summed E-state index contributed by atoms with van der Waals surface area (Å²) in [6.07, 6.45) is 5.81. The first-order valence-electron chi connectivity index (χ1n) is 12.8. The van der Waals surface area contributed by atoms with Crippen LogP contribution in [0.4, 0.5) is 5.82 Å². The number of hydrogen-bond acceptors (Lipinski definition) is 5. The summed E-state index contributed by atoms with van der Waals surface area (Å²) in [7, 11) is 0. The molecule has 2 aromatic carbocycles. The summed E-state index contributed by atoms with van der Waals surface area (Å²) in [5.74, 6) is 1.82. The van der Waals surface area contributed by atoms with Crippen molar-refractivity contribution < 1.29 is 0 Å². The fourth-order valence-corrected chi connectivity index (χ4v) is 5.06. The molecule has 0 spiro atoms. The van der Waals surface area contributed by atoms with Gasteiger partial charge in [-0.25, -0.2) is 4.98 Å². The Balaban J connectivity index is 0.00000126. The zero-order valence-corrected chi connectivity index (χ0v) is 20.4. The zero-order valence-electron chi connectivity index (χ0n) is 20.4. The summed E-state index contributed by atoms with van der Waals surface area (Å²) in [5, 5.41) is 0. The molecule has 0 aliphatic carbocycles. The van der Waals surface area contributed by atoms with Crippen molar-refractivity contribution in [2.45, 2.75) is 33.1 Å². The van der Waals surface area contributed by atoms with Crippen LogP contribution in [0.5, 0.6) is 0 Å². The molecule has 2 aliphatic rings. The molecule has 5 nitrogen and oxygen atoms in total. The van der Waals surface area contributed by atoms with E-state index in [-0.39, 0.29) is 0 Å². The average molecular weight is 446 g/mol. The number of anilines is 1. The Hall–Kier alpha value is -2.50. The van der Waals surface area contributed by atoms with E-state index in [0.29, 0.717) is 0 Å². The topological polar surface area (TPSA) is 35.5 Å². The minimum Gasteiger partial charge on any atom is -0.353 e. The molecule has 1 atom stereocenters. The molecule has 3 aromatic rings. The van der Waals surface area contributed by atoms with Crippen LogP contribution in [0, 0.1) is 5.92 Å². The van der Waals surface area contributed by atoms with Crippen molar-refractivity contribution in [2.24, 2.45) is 5.92 Å². The molecule has 0 amide bonds. The van der Waals surface area contributed by atoms with Gasteiger partial charge < -0.3 is 9.80 Å². The van der Waals surface area contributed by atoms with Crippen molar-refractivity contribution >= 4 is 16.9 Å². The van der Waals surface area contributed by atoms with Gasteiger partial charge in [-0.3, -0.25) is 9.88 Å². The van der Waals surface area contributed by atoms with Crippen LogP contribution in [0.25, 0.3) is 11.0 Å². The third kappa shape index (κ3) is 6.52. The number of fused-ring (bicyclic) bond motifs is 1. The molecule has 2 fully saturated rings. The minimum atomic E-state index is 0.802. The molecule has 0 saturated carbocycles. The minimum absolute atomic E-state index is 0.802. The number of benzene rings is 2. The van der Waals surface area contributed by atoms with Crippen molar-refractivity contribution in [3.8, 4) is 0 Å². The van der Waals surface area contributed by atoms with Crippen LogP contribution in [0.3, 0.4) is 0 Å². The standard InChI is InChI=1S/C26H33N5.C2H6/c1-2-7-22(8-3-1)12-14-29-13-6-9-23(20-29)21-30-15-17-31(18-16-30)26-19-27-24-10-4-5-11-25(24)28-26;1-2/h1-5,7-8,10-11,19,23H,6,9,12-18,20-21H2;1-2H3. The Morgan fingerprint density at radius 2 is 1.55 bits per heavy atom. The molecule has 2 aliphatic heterocycles. The fourth-order valence-electron chi connectivity index (χ4n) is 5.06. The molecule has 33 heavy (non-hydrogen) atoms. The highest BCUT2D eigenvalue weighted by Gasteiger charge is 2.25. The van der Waals surface area contributed by atoms with Crippen molar-refractivity contribution in [3.05, 3.63) is 66.4 Å². The molecule has 2 saturated heterocycles. The molecule has 0 bridgehead atoms. The van der Waals surface area contributed by atoms with Crippen LogP contribution in [0.15, 0.2) is 60.8 Å². The van der Waals surface area contributed by atoms with E-state index in [1.54, 1.807) is 0 Å². The lowest BCUT2D eigenvalue weighted by Gasteiger charge is -2.39. The lowest BCUT2D eigenvalue weighted by Crippen LogP contribution is -2.50. The van der Waals surface area contributed by atoms with E-state index >= 15 is 0 Å². The molecule has 3 heterocycles. The molecule has 5 heteroatoms. The smallest absolute Gasteiger partial charge is 0.147 e. The first-order chi connectivity index (χ1) is 16.3. The maximum Gasteiger partial charge on any atom is 0.147 e. The Bertz CT molecular complexity index is 968. The van der Waals surface area contributed by atoms with Crippen molar-refractivity contribution in [2.75, 3.05) is 57.3 Å². The molecule has 0 radical (unpaired) electrons. The van der Waals surface area contributed by atoms with Crippen LogP contribution < -0.4 is 4.90 Å². The van der Waals surface area contributed by atoms with Crippen LogP contribution in [-0.4, -0.2) is 72.1 Å². The van der Waals surface area contributed by atoms with Crippen molar-refractivity contribution in [1.82, 2.24) is 19.8 Å². The Morgan fingerprint density at radius 1 is 0.818 bits per heavy atom. The van der Waals surface area contributed by atoms with E-state index in [9.17, 15) is 0 Å². The van der Waals surface area contributed by atoms with Gasteiger partial charge in [0.1, 0.15) is 5.82 Å². The van der Waals surface area contributed by atoms with Gasteiger partial charge in [-0.15, -0.1) is 0 Å². The predicted octanol–water partition coefficient (Wildman–Crippen LogP) is 4.73. The summed E-state index contributed by atoms with van der Waals surface area (Å²) < 4.78 is 0. The summed E-state index contributed by atoms with van der Waals surface area (Å²) in [6.45, 7) is 13.3. The number of piperazine rings is 1. The number of aromatic nitrogens is 2. The number of hydrogen-bond donors (Lipinski definition) is 0. The Kier molecular flexibility index (Phi) is 8.67. The highest BCUT2D eigenvalue weighted by Crippen LogP contribution is 2.21. The number of rotatable bonds is 6. The molecular weight excluding hydrogens is 406 g/mol. The number of likely N-dealkylation sites (tertiary alicyclic amines) is 1. The second-order valence-electron chi connectivity index (χ2n) is 9.05. The maximum atomic E-state index is 4.83. The van der Waals surface area contributed by atoms with Crippen LogP contribution in [0.1, 0.15) is 32.3 Å². The fraction of sp³-hybridized carbons (Fsp3) is 0.500. The van der Waals surface area contributed by atoms with Gasteiger partial charge in [-0.2, -0.15) is 0 Å². The van der Waals surface area contributed by atoms with E-state index in [1.165, 1.54) is 51.0 Å². The van der Waals surface area contributed by atoms with Gasteiger partial charge in [0.25, 0.3) is 0 Å². The van der Waals surface area contributed by atoms with Gasteiger partial charge in [0.05, 0.1) is 17.2 Å². The monoisotopic (exact) mass is 445 g/mol. The van der Waals surface area contributed by atoms with E-state index in [0.717, 1.165) is 48.9 Å². The van der Waals surface area contributed by atoms with Gasteiger partial charge in [0.2, 0.25) is 0 Å². The van der Waals surface area contributed by atoms with Gasteiger partial charge in [0, 0.05) is 45.8 Å². The van der Waals surface area contributed by atoms with Crippen LogP contribution >= 0.6 is 0 Å². The molecule has 5 rings (SSSR count). The van der Waals surface area contributed by atoms with Gasteiger partial charge >= 0.3 is 0 Å². The van der Waals surface area contributed by atoms with E-state index < -0.39 is 0 Å². The molecule has 1 aromatic heterocycles. The van der Waals surface area contributed by atoms with E-state index in [1.807, 2.05) is 38.2 Å². The average Bonchev–Trinajstić information content (AvgIpc) is 2.90. The van der Waals surface area contributed by atoms with Crippen LogP contribution in [-0.2, 0) is 6.42 Å². The second-order valence-corrected chi connectivity index (χ2v) is 9.05. The normalized spacial score (nSPS) is 19.8. The number of para-hydroxylation sites is 2. The third-order valence-corrected chi connectivity index (χ3v) is 6.81. The first kappa shape index (κ1) is 23.7. The number of piperidine rings is 1. The molecule has 0 N–H and O–H groups in total. The second kappa shape index (κ2) is 12.1. The SMILES string of the molecule is CC.c1ccc(CCN2CCCC(CN3CCN(c4cnc5ccccc5n4)CC3)C2)cc1. The lowest BCUT2D eigenvalue weighted by molar-refractivity contribution is 0.130. The summed E-state index contributed by atoms with van der Waals surface area (Å²) in [5.41, 5.74) is 3.41. The van der Waals surface area contributed by atoms with Gasteiger partial charge in [0.15, 0.2) is 0 Å². The first-order valence-corrected chi connectivity index (χ1v) is 12.8. The number of nitrogens with zero attached hydrogens (tertiary/aromatic N) is 5. The zero-order chi connectivity index (χ0) is 22.9. The van der Waals surface area contributed by atoms with Gasteiger partial charge in [-0.1, -0.05) is 56.3 Å². The van der Waals surface area contributed by atoms with Gasteiger partial charge in [-0.05, 0) is 49.4 Å². The molecular formula is C28H39N5. The maximum absolute atomic E-state index is 4.83. The summed E-state index contributed by atoms with van der Waals surface area (Å²) >= 11 is 0. The van der Waals surface area contributed by atoms with E-state index in [2.05, 4.69) is 56.1 Å². The highest BCUT2D eigenvalue weighted by atomic mass is 15.3. The highest BCUT2D eigenvalue weighted by molar-refractivity contribution is 5.75. The Morgan fingerprint density at radius 3 is 2.33 bits per heavy atom. The van der Waals surface area contributed by atoms with E-state index in [4.69, 9.17) is 4.98 Å².